The fourth-order valence-corrected chi connectivity index (χ4v) is 8.22. The van der Waals surface area contributed by atoms with Crippen molar-refractivity contribution >= 4 is 17.5 Å². The maximum Gasteiger partial charge on any atom is 0.310 e. The van der Waals surface area contributed by atoms with Crippen LogP contribution in [0.3, 0.4) is 0 Å². The number of ether oxygens (including phenoxy) is 1. The van der Waals surface area contributed by atoms with E-state index in [9.17, 15) is 14.4 Å². The number of rotatable bonds is 0. The third kappa shape index (κ3) is 1.48. The fraction of sp³-hybridized carbons (Fsp3) is 0.696. The standard InChI is InChI=1S/C23H26O4/c1-20-6-5-17(25)22(20)8-4-16-18-15(19(26)27-23(18,22)10-9-20)12-13-11-14(24)3-7-21(13,16)2/h4,11,15,18H,3,5-10,12H2,1-2H3/t15?,18?,20-,21+,22-,23-/m1/s1. The highest BCUT2D eigenvalue weighted by Crippen LogP contribution is 2.77. The zero-order chi connectivity index (χ0) is 18.8. The zero-order valence-electron chi connectivity index (χ0n) is 16.1. The summed E-state index contributed by atoms with van der Waals surface area (Å²) in [5, 5.41) is 0. The topological polar surface area (TPSA) is 60.4 Å². The van der Waals surface area contributed by atoms with Crippen LogP contribution in [0.4, 0.5) is 0 Å². The van der Waals surface area contributed by atoms with Gasteiger partial charge < -0.3 is 4.74 Å². The predicted octanol–water partition coefficient (Wildman–Crippen LogP) is 3.69. The molecule has 0 aromatic heterocycles. The van der Waals surface area contributed by atoms with Crippen LogP contribution in [0.25, 0.3) is 0 Å². The van der Waals surface area contributed by atoms with Crippen molar-refractivity contribution in [3.05, 3.63) is 23.3 Å². The Labute approximate surface area is 159 Å². The molecule has 1 heterocycles. The lowest BCUT2D eigenvalue weighted by molar-refractivity contribution is -0.172. The normalized spacial score (nSPS) is 52.4. The first-order chi connectivity index (χ1) is 12.8. The monoisotopic (exact) mass is 366 g/mol. The molecule has 0 bridgehead atoms. The van der Waals surface area contributed by atoms with Crippen LogP contribution in [-0.2, 0) is 19.1 Å². The molecule has 27 heavy (non-hydrogen) atoms. The third-order valence-corrected chi connectivity index (χ3v) is 9.63. The van der Waals surface area contributed by atoms with Crippen LogP contribution < -0.4 is 0 Å². The number of carbonyl (C=O) groups is 3. The lowest BCUT2D eigenvalue weighted by Crippen LogP contribution is -2.60. The highest BCUT2D eigenvalue weighted by molar-refractivity contribution is 5.95. The maximum absolute atomic E-state index is 13.3. The van der Waals surface area contributed by atoms with E-state index in [0.29, 0.717) is 31.5 Å². The molecule has 6 aliphatic rings. The molecule has 4 heteroatoms. The minimum Gasteiger partial charge on any atom is -0.457 e. The number of hydrogen-bond donors (Lipinski definition) is 0. The average molecular weight is 366 g/mol. The van der Waals surface area contributed by atoms with Crippen molar-refractivity contribution < 1.29 is 19.1 Å². The molecule has 6 rings (SSSR count). The Morgan fingerprint density at radius 2 is 1.85 bits per heavy atom. The van der Waals surface area contributed by atoms with Gasteiger partial charge in [0.1, 0.15) is 11.4 Å². The molecule has 4 fully saturated rings. The summed E-state index contributed by atoms with van der Waals surface area (Å²) in [4.78, 5) is 38.4. The minimum absolute atomic E-state index is 0.0120. The van der Waals surface area contributed by atoms with Crippen molar-refractivity contribution in [2.24, 2.45) is 28.1 Å². The van der Waals surface area contributed by atoms with Crippen LogP contribution in [0.5, 0.6) is 0 Å². The summed E-state index contributed by atoms with van der Waals surface area (Å²) in [7, 11) is 0. The molecule has 2 spiro atoms. The summed E-state index contributed by atoms with van der Waals surface area (Å²) in [5.74, 6) is 0.135. The molecule has 0 aromatic carbocycles. The second kappa shape index (κ2) is 4.47. The fourth-order valence-electron chi connectivity index (χ4n) is 8.22. The van der Waals surface area contributed by atoms with Gasteiger partial charge in [0.15, 0.2) is 5.78 Å². The summed E-state index contributed by atoms with van der Waals surface area (Å²) in [6.45, 7) is 4.49. The lowest BCUT2D eigenvalue weighted by atomic mass is 9.46. The van der Waals surface area contributed by atoms with Gasteiger partial charge in [0.2, 0.25) is 0 Å². The van der Waals surface area contributed by atoms with E-state index in [1.54, 1.807) is 6.08 Å². The molecule has 0 aromatic rings. The summed E-state index contributed by atoms with van der Waals surface area (Å²) in [6, 6.07) is 0. The zero-order valence-corrected chi connectivity index (χ0v) is 16.1. The number of esters is 1. The molecule has 5 aliphatic carbocycles. The van der Waals surface area contributed by atoms with Crippen LogP contribution >= 0.6 is 0 Å². The number of allylic oxidation sites excluding steroid dienone is 3. The summed E-state index contributed by atoms with van der Waals surface area (Å²) in [5.41, 5.74) is 1.02. The van der Waals surface area contributed by atoms with Gasteiger partial charge >= 0.3 is 5.97 Å². The summed E-state index contributed by atoms with van der Waals surface area (Å²) in [6.07, 6.45) is 10.1. The van der Waals surface area contributed by atoms with Gasteiger partial charge in [-0.05, 0) is 50.0 Å². The molecule has 3 saturated carbocycles. The SMILES string of the molecule is C[C@]12CCC(=O)C=C1CC1C(=O)O[C@@]34CC[C@@]5(C)CCC(=O)[C@]53CC=C2C14. The highest BCUT2D eigenvalue weighted by Gasteiger charge is 2.80. The molecular formula is C23H26O4. The lowest BCUT2D eigenvalue weighted by Gasteiger charge is -2.56. The van der Waals surface area contributed by atoms with Crippen LogP contribution in [0, 0.1) is 28.1 Å². The van der Waals surface area contributed by atoms with E-state index in [0.717, 1.165) is 31.3 Å². The molecule has 142 valence electrons. The van der Waals surface area contributed by atoms with E-state index in [1.165, 1.54) is 5.57 Å². The van der Waals surface area contributed by atoms with Crippen molar-refractivity contribution in [1.29, 1.82) is 0 Å². The van der Waals surface area contributed by atoms with Crippen molar-refractivity contribution in [3.63, 3.8) is 0 Å². The Balaban J connectivity index is 1.61. The Hall–Kier alpha value is -1.71. The molecular weight excluding hydrogens is 340 g/mol. The Morgan fingerprint density at radius 3 is 2.67 bits per heavy atom. The van der Waals surface area contributed by atoms with Crippen molar-refractivity contribution in [3.8, 4) is 0 Å². The molecule has 4 nitrogen and oxygen atoms in total. The van der Waals surface area contributed by atoms with Crippen LogP contribution in [-0.4, -0.2) is 23.1 Å². The van der Waals surface area contributed by atoms with Gasteiger partial charge in [-0.15, -0.1) is 0 Å². The smallest absolute Gasteiger partial charge is 0.310 e. The van der Waals surface area contributed by atoms with Crippen molar-refractivity contribution in [2.45, 2.75) is 70.8 Å². The van der Waals surface area contributed by atoms with Gasteiger partial charge in [-0.2, -0.15) is 0 Å². The van der Waals surface area contributed by atoms with Gasteiger partial charge in [0.05, 0.1) is 11.3 Å². The second-order valence-electron chi connectivity index (χ2n) is 10.3. The molecule has 6 atom stereocenters. The first kappa shape index (κ1) is 16.3. The Morgan fingerprint density at radius 1 is 1.04 bits per heavy atom. The van der Waals surface area contributed by atoms with E-state index in [2.05, 4.69) is 19.9 Å². The molecule has 0 amide bonds. The molecule has 1 saturated heterocycles. The minimum atomic E-state index is -0.642. The summed E-state index contributed by atoms with van der Waals surface area (Å²) < 4.78 is 6.30. The number of ketones is 2. The number of Topliss-reactive ketones (excluding diaryl/α,β-unsaturated/α-hetero) is 1. The van der Waals surface area contributed by atoms with Gasteiger partial charge in [-0.1, -0.05) is 31.1 Å². The first-order valence-corrected chi connectivity index (χ1v) is 10.5. The van der Waals surface area contributed by atoms with E-state index < -0.39 is 11.0 Å². The predicted molar refractivity (Wildman–Crippen MR) is 97.6 cm³/mol. The van der Waals surface area contributed by atoms with Crippen LogP contribution in [0.1, 0.15) is 65.2 Å². The van der Waals surface area contributed by atoms with Gasteiger partial charge in [0, 0.05) is 24.2 Å². The molecule has 1 aliphatic heterocycles. The van der Waals surface area contributed by atoms with E-state index in [1.807, 2.05) is 0 Å². The molecule has 0 radical (unpaired) electrons. The largest absolute Gasteiger partial charge is 0.457 e. The molecule has 0 N–H and O–H groups in total. The van der Waals surface area contributed by atoms with E-state index in [4.69, 9.17) is 4.74 Å². The van der Waals surface area contributed by atoms with E-state index >= 15 is 0 Å². The first-order valence-electron chi connectivity index (χ1n) is 10.5. The highest BCUT2D eigenvalue weighted by atomic mass is 16.6. The Bertz CT molecular complexity index is 896. The van der Waals surface area contributed by atoms with Crippen molar-refractivity contribution in [2.75, 3.05) is 0 Å². The maximum atomic E-state index is 13.3. The third-order valence-electron chi connectivity index (χ3n) is 9.63. The second-order valence-corrected chi connectivity index (χ2v) is 10.3. The quantitative estimate of drug-likeness (QED) is 0.484. The van der Waals surface area contributed by atoms with Crippen molar-refractivity contribution in [1.82, 2.24) is 0 Å². The summed E-state index contributed by atoms with van der Waals surface area (Å²) >= 11 is 0. The molecule has 2 unspecified atom stereocenters. The average Bonchev–Trinajstić information content (AvgIpc) is 3.16. The number of hydrogen-bond acceptors (Lipinski definition) is 4. The number of carbonyl (C=O) groups excluding carboxylic acids is 3. The van der Waals surface area contributed by atoms with Crippen LogP contribution in [0.15, 0.2) is 23.3 Å². The Kier molecular flexibility index (Phi) is 2.69. The van der Waals surface area contributed by atoms with Gasteiger partial charge in [0.25, 0.3) is 0 Å². The van der Waals surface area contributed by atoms with Crippen LogP contribution in [0.2, 0.25) is 0 Å². The van der Waals surface area contributed by atoms with Gasteiger partial charge in [-0.3, -0.25) is 14.4 Å². The number of fused-ring (bicyclic) bond motifs is 2. The van der Waals surface area contributed by atoms with Gasteiger partial charge in [-0.25, -0.2) is 0 Å². The van der Waals surface area contributed by atoms with E-state index in [-0.39, 0.29) is 34.4 Å².